The van der Waals surface area contributed by atoms with Crippen LogP contribution in [0.5, 0.6) is 0 Å². The normalized spacial score (nSPS) is 12.4. The number of amidine groups is 1. The molecule has 0 heterocycles. The van der Waals surface area contributed by atoms with Gasteiger partial charge in [-0.2, -0.15) is 0 Å². The number of nitrogens with zero attached hydrogens (tertiary/aromatic N) is 2. The minimum absolute atomic E-state index is 0.143. The molecule has 0 saturated carbocycles. The fourth-order valence-corrected chi connectivity index (χ4v) is 0.672. The van der Waals surface area contributed by atoms with Gasteiger partial charge in [-0.3, -0.25) is 5.41 Å². The summed E-state index contributed by atoms with van der Waals surface area (Å²) < 4.78 is 5.03. The van der Waals surface area contributed by atoms with Crippen molar-refractivity contribution in [3.8, 4) is 0 Å². The summed E-state index contributed by atoms with van der Waals surface area (Å²) in [5.74, 6) is 0.795. The molecule has 0 aromatic heterocycles. The van der Waals surface area contributed by atoms with Crippen LogP contribution < -0.4 is 0 Å². The first-order chi connectivity index (χ1) is 6.60. The molecule has 4 heteroatoms. The summed E-state index contributed by atoms with van der Waals surface area (Å²) in [4.78, 5) is 0. The summed E-state index contributed by atoms with van der Waals surface area (Å²) in [7, 11) is 1.57. The van der Waals surface area contributed by atoms with E-state index in [1.54, 1.807) is 26.2 Å². The molecular weight excluding hydrogens is 178 g/mol. The zero-order valence-corrected chi connectivity index (χ0v) is 8.74. The smallest absolute Gasteiger partial charge is 0.140 e. The average molecular weight is 193 g/mol. The van der Waals surface area contributed by atoms with E-state index >= 15 is 0 Å². The first-order valence-corrected chi connectivity index (χ1v) is 4.14. The van der Waals surface area contributed by atoms with Gasteiger partial charge in [-0.05, 0) is 19.9 Å². The topological polar surface area (TPSA) is 57.8 Å². The van der Waals surface area contributed by atoms with Gasteiger partial charge in [0.2, 0.25) is 0 Å². The summed E-state index contributed by atoms with van der Waals surface area (Å²) in [6.07, 6.45) is 5.28. The average Bonchev–Trinajstić information content (AvgIpc) is 2.14. The number of azo groups is 1. The highest BCUT2D eigenvalue weighted by Gasteiger charge is 1.91. The van der Waals surface area contributed by atoms with Crippen LogP contribution in [-0.2, 0) is 4.74 Å². The Kier molecular flexibility index (Phi) is 5.94. The van der Waals surface area contributed by atoms with Crippen LogP contribution in [0.4, 0.5) is 0 Å². The van der Waals surface area contributed by atoms with E-state index in [-0.39, 0.29) is 5.84 Å². The fourth-order valence-electron chi connectivity index (χ4n) is 0.672. The van der Waals surface area contributed by atoms with Crippen LogP contribution in [0, 0.1) is 5.41 Å². The SMILES string of the molecule is C=C(/C=C(\C=C/C)OC)/N=N/C(C)=N. The van der Waals surface area contributed by atoms with E-state index < -0.39 is 0 Å². The minimum atomic E-state index is 0.143. The molecule has 0 amide bonds. The van der Waals surface area contributed by atoms with Crippen molar-refractivity contribution in [3.05, 3.63) is 36.3 Å². The van der Waals surface area contributed by atoms with E-state index in [1.807, 2.05) is 13.0 Å². The zero-order chi connectivity index (χ0) is 11.0. The molecule has 0 fully saturated rings. The first kappa shape index (κ1) is 12.3. The van der Waals surface area contributed by atoms with Crippen molar-refractivity contribution in [1.82, 2.24) is 0 Å². The number of rotatable bonds is 4. The largest absolute Gasteiger partial charge is 0.497 e. The number of nitrogens with one attached hydrogen (secondary N) is 1. The quantitative estimate of drug-likeness (QED) is 0.241. The standard InChI is InChI=1S/C10H15N3O/c1-5-6-10(14-4)7-8(2)12-13-9(3)11/h5-7,11H,2H2,1,3-4H3/b6-5-,10-7+,11-9?,13-12+. The molecular formula is C10H15N3O. The Morgan fingerprint density at radius 1 is 1.43 bits per heavy atom. The molecule has 4 nitrogen and oxygen atoms in total. The summed E-state index contributed by atoms with van der Waals surface area (Å²) >= 11 is 0. The highest BCUT2D eigenvalue weighted by Crippen LogP contribution is 2.05. The van der Waals surface area contributed by atoms with E-state index in [1.165, 1.54) is 0 Å². The molecule has 0 aromatic carbocycles. The van der Waals surface area contributed by atoms with E-state index in [2.05, 4.69) is 16.8 Å². The van der Waals surface area contributed by atoms with Crippen molar-refractivity contribution < 1.29 is 4.74 Å². The van der Waals surface area contributed by atoms with Gasteiger partial charge in [0.1, 0.15) is 11.6 Å². The van der Waals surface area contributed by atoms with Gasteiger partial charge in [0, 0.05) is 6.08 Å². The summed E-state index contributed by atoms with van der Waals surface area (Å²) in [5, 5.41) is 14.3. The Balaban J connectivity index is 4.47. The lowest BCUT2D eigenvalue weighted by Crippen LogP contribution is -1.83. The van der Waals surface area contributed by atoms with Crippen molar-refractivity contribution in [2.45, 2.75) is 13.8 Å². The van der Waals surface area contributed by atoms with Crippen LogP contribution in [0.3, 0.4) is 0 Å². The highest BCUT2D eigenvalue weighted by atomic mass is 16.5. The van der Waals surface area contributed by atoms with Gasteiger partial charge in [-0.15, -0.1) is 10.2 Å². The predicted octanol–water partition coefficient (Wildman–Crippen LogP) is 3.06. The van der Waals surface area contributed by atoms with Crippen LogP contribution in [-0.4, -0.2) is 12.9 Å². The summed E-state index contributed by atoms with van der Waals surface area (Å²) in [6, 6.07) is 0. The predicted molar refractivity (Wildman–Crippen MR) is 57.3 cm³/mol. The van der Waals surface area contributed by atoms with Crippen molar-refractivity contribution in [2.75, 3.05) is 7.11 Å². The number of hydrogen-bond acceptors (Lipinski definition) is 3. The molecule has 0 aliphatic carbocycles. The van der Waals surface area contributed by atoms with E-state index in [4.69, 9.17) is 10.1 Å². The van der Waals surface area contributed by atoms with Crippen molar-refractivity contribution in [3.63, 3.8) is 0 Å². The highest BCUT2D eigenvalue weighted by molar-refractivity contribution is 5.76. The van der Waals surface area contributed by atoms with Gasteiger partial charge >= 0.3 is 0 Å². The molecule has 0 bridgehead atoms. The third-order valence-electron chi connectivity index (χ3n) is 1.20. The lowest BCUT2D eigenvalue weighted by Gasteiger charge is -1.98. The summed E-state index contributed by atoms with van der Waals surface area (Å²) in [5.41, 5.74) is 0.451. The van der Waals surface area contributed by atoms with Crippen LogP contribution in [0.2, 0.25) is 0 Å². The van der Waals surface area contributed by atoms with Gasteiger partial charge in [-0.25, -0.2) is 0 Å². The van der Waals surface area contributed by atoms with Crippen LogP contribution in [0.1, 0.15) is 13.8 Å². The maximum Gasteiger partial charge on any atom is 0.140 e. The number of allylic oxidation sites excluding steroid dienone is 3. The maximum absolute atomic E-state index is 7.03. The molecule has 14 heavy (non-hydrogen) atoms. The monoisotopic (exact) mass is 193 g/mol. The molecule has 0 radical (unpaired) electrons. The van der Waals surface area contributed by atoms with Gasteiger partial charge < -0.3 is 4.74 Å². The Bertz CT molecular complexity index is 300. The second kappa shape index (κ2) is 6.77. The van der Waals surface area contributed by atoms with E-state index in [0.717, 1.165) is 0 Å². The van der Waals surface area contributed by atoms with Crippen LogP contribution in [0.25, 0.3) is 0 Å². The number of ether oxygens (including phenoxy) is 1. The molecule has 0 saturated heterocycles. The Morgan fingerprint density at radius 3 is 2.50 bits per heavy atom. The fraction of sp³-hybridized carbons (Fsp3) is 0.300. The molecule has 0 spiro atoms. The first-order valence-electron chi connectivity index (χ1n) is 4.14. The lowest BCUT2D eigenvalue weighted by atomic mass is 10.3. The van der Waals surface area contributed by atoms with Crippen molar-refractivity contribution in [1.29, 1.82) is 5.41 Å². The molecule has 0 atom stereocenters. The van der Waals surface area contributed by atoms with Crippen LogP contribution >= 0.6 is 0 Å². The third kappa shape index (κ3) is 5.88. The van der Waals surface area contributed by atoms with Crippen LogP contribution in [0.15, 0.2) is 46.5 Å². The number of hydrogen-bond donors (Lipinski definition) is 1. The van der Waals surface area contributed by atoms with Crippen molar-refractivity contribution in [2.24, 2.45) is 10.2 Å². The van der Waals surface area contributed by atoms with E-state index in [0.29, 0.717) is 11.5 Å². The molecule has 76 valence electrons. The van der Waals surface area contributed by atoms with Gasteiger partial charge in [0.15, 0.2) is 0 Å². The zero-order valence-electron chi connectivity index (χ0n) is 8.74. The van der Waals surface area contributed by atoms with Gasteiger partial charge in [0.05, 0.1) is 12.8 Å². The molecule has 0 aromatic rings. The Hall–Kier alpha value is -1.71. The lowest BCUT2D eigenvalue weighted by molar-refractivity contribution is 0.306. The molecule has 0 aliphatic heterocycles. The maximum atomic E-state index is 7.03. The van der Waals surface area contributed by atoms with Gasteiger partial charge in [-0.1, -0.05) is 12.7 Å². The molecule has 0 unspecified atom stereocenters. The van der Waals surface area contributed by atoms with Crippen molar-refractivity contribution >= 4 is 5.84 Å². The summed E-state index contributed by atoms with van der Waals surface area (Å²) in [6.45, 7) is 7.08. The third-order valence-corrected chi connectivity index (χ3v) is 1.20. The van der Waals surface area contributed by atoms with Gasteiger partial charge in [0.25, 0.3) is 0 Å². The molecule has 0 aliphatic rings. The Morgan fingerprint density at radius 2 is 2.07 bits per heavy atom. The second-order valence-electron chi connectivity index (χ2n) is 2.53. The van der Waals surface area contributed by atoms with E-state index in [9.17, 15) is 0 Å². The number of methoxy groups -OCH3 is 1. The minimum Gasteiger partial charge on any atom is -0.497 e. The Labute approximate surface area is 84.2 Å². The second-order valence-corrected chi connectivity index (χ2v) is 2.53. The molecule has 0 rings (SSSR count). The molecule has 1 N–H and O–H groups in total.